The predicted octanol–water partition coefficient (Wildman–Crippen LogP) is 1.88. The van der Waals surface area contributed by atoms with Crippen molar-refractivity contribution >= 4 is 31.6 Å². The topological polar surface area (TPSA) is 81.4 Å². The summed E-state index contributed by atoms with van der Waals surface area (Å²) in [5.74, 6) is -0.724. The molecular weight excluding hydrogens is 351 g/mol. The Labute approximate surface area is 125 Å². The minimum absolute atomic E-state index is 0.0267. The van der Waals surface area contributed by atoms with Crippen molar-refractivity contribution in [1.82, 2.24) is 4.72 Å². The van der Waals surface area contributed by atoms with Crippen molar-refractivity contribution in [3.63, 3.8) is 0 Å². The zero-order valence-corrected chi connectivity index (χ0v) is 13.1. The number of rotatable bonds is 4. The van der Waals surface area contributed by atoms with Gasteiger partial charge in [-0.2, -0.15) is 0 Å². The summed E-state index contributed by atoms with van der Waals surface area (Å²) in [6.45, 7) is 1.46. The minimum Gasteiger partial charge on any atom is -0.399 e. The summed E-state index contributed by atoms with van der Waals surface area (Å²) < 4.78 is 45.9. The molecule has 1 fully saturated rings. The molecule has 1 aromatic carbocycles. The Hall–Kier alpha value is -0.700. The largest absolute Gasteiger partial charge is 0.399 e. The molecule has 0 spiro atoms. The number of nitrogens with two attached hydrogens (primary N) is 1. The highest BCUT2D eigenvalue weighted by Gasteiger charge is 2.23. The second kappa shape index (κ2) is 6.38. The van der Waals surface area contributed by atoms with E-state index in [1.807, 2.05) is 0 Å². The number of sulfonamides is 1. The quantitative estimate of drug-likeness (QED) is 0.797. The average Bonchev–Trinajstić information content (AvgIpc) is 2.42. The predicted molar refractivity (Wildman–Crippen MR) is 77.2 cm³/mol. The number of benzene rings is 1. The number of halogens is 2. The first kappa shape index (κ1) is 15.7. The molecule has 5 nitrogen and oxygen atoms in total. The Balaban J connectivity index is 2.14. The lowest BCUT2D eigenvalue weighted by molar-refractivity contribution is 0.0568. The van der Waals surface area contributed by atoms with Gasteiger partial charge in [-0.3, -0.25) is 0 Å². The molecular formula is C12H16BrFN2O3S. The summed E-state index contributed by atoms with van der Waals surface area (Å²) in [6, 6.07) is 2.43. The second-order valence-electron chi connectivity index (χ2n) is 4.75. The molecule has 2 rings (SSSR count). The molecule has 0 aliphatic carbocycles. The lowest BCUT2D eigenvalue weighted by Crippen LogP contribution is -2.33. The van der Waals surface area contributed by atoms with E-state index < -0.39 is 20.7 Å². The third-order valence-corrected chi connectivity index (χ3v) is 5.12. The monoisotopic (exact) mass is 366 g/mol. The maximum absolute atomic E-state index is 13.9. The SMILES string of the molecule is Nc1cc(Br)c(F)c(S(=O)(=O)NCC2CCCOC2)c1. The van der Waals surface area contributed by atoms with Crippen LogP contribution in [-0.4, -0.2) is 28.2 Å². The minimum atomic E-state index is -3.93. The van der Waals surface area contributed by atoms with Crippen molar-refractivity contribution in [3.8, 4) is 0 Å². The standard InChI is InChI=1S/C12H16BrFN2O3S/c13-10-4-9(15)5-11(12(10)14)20(17,18)16-6-8-2-1-3-19-7-8/h4-5,8,16H,1-3,6-7,15H2. The summed E-state index contributed by atoms with van der Waals surface area (Å²) in [6.07, 6.45) is 1.80. The second-order valence-corrected chi connectivity index (χ2v) is 7.34. The Bertz CT molecular complexity index is 589. The third-order valence-electron chi connectivity index (χ3n) is 3.12. The summed E-state index contributed by atoms with van der Waals surface area (Å²) >= 11 is 2.95. The van der Waals surface area contributed by atoms with E-state index >= 15 is 0 Å². The van der Waals surface area contributed by atoms with Gasteiger partial charge in [0.05, 0.1) is 11.1 Å². The fourth-order valence-corrected chi connectivity index (χ4v) is 3.91. The van der Waals surface area contributed by atoms with Crippen LogP contribution in [0.1, 0.15) is 12.8 Å². The Morgan fingerprint density at radius 1 is 1.50 bits per heavy atom. The molecule has 0 radical (unpaired) electrons. The summed E-state index contributed by atoms with van der Waals surface area (Å²) in [4.78, 5) is -0.443. The van der Waals surface area contributed by atoms with Gasteiger partial charge in [0.15, 0.2) is 5.82 Å². The number of nitrogens with one attached hydrogen (secondary N) is 1. The van der Waals surface area contributed by atoms with Crippen LogP contribution in [0.15, 0.2) is 21.5 Å². The van der Waals surface area contributed by atoms with Crippen LogP contribution >= 0.6 is 15.9 Å². The summed E-state index contributed by atoms with van der Waals surface area (Å²) in [7, 11) is -3.93. The molecule has 1 aliphatic rings. The maximum Gasteiger partial charge on any atom is 0.243 e. The van der Waals surface area contributed by atoms with Crippen LogP contribution in [0, 0.1) is 11.7 Å². The molecule has 1 unspecified atom stereocenters. The van der Waals surface area contributed by atoms with E-state index in [1.54, 1.807) is 0 Å². The summed E-state index contributed by atoms with van der Waals surface area (Å²) in [5.41, 5.74) is 5.74. The molecule has 1 aliphatic heterocycles. The van der Waals surface area contributed by atoms with Crippen molar-refractivity contribution in [2.75, 3.05) is 25.5 Å². The highest BCUT2D eigenvalue weighted by atomic mass is 79.9. The van der Waals surface area contributed by atoms with Crippen molar-refractivity contribution in [1.29, 1.82) is 0 Å². The summed E-state index contributed by atoms with van der Waals surface area (Å²) in [5, 5.41) is 0. The molecule has 0 bridgehead atoms. The molecule has 3 N–H and O–H groups in total. The number of hydrogen-bond donors (Lipinski definition) is 2. The lowest BCUT2D eigenvalue weighted by atomic mass is 10.0. The molecule has 8 heteroatoms. The van der Waals surface area contributed by atoms with Crippen molar-refractivity contribution in [2.24, 2.45) is 5.92 Å². The Kier molecular flexibility index (Phi) is 5.00. The third kappa shape index (κ3) is 3.69. The first-order valence-electron chi connectivity index (χ1n) is 6.22. The van der Waals surface area contributed by atoms with E-state index in [4.69, 9.17) is 10.5 Å². The zero-order chi connectivity index (χ0) is 14.8. The van der Waals surface area contributed by atoms with Crippen LogP contribution in [0.25, 0.3) is 0 Å². The number of ether oxygens (including phenoxy) is 1. The van der Waals surface area contributed by atoms with Crippen molar-refractivity contribution < 1.29 is 17.5 Å². The fraction of sp³-hybridized carbons (Fsp3) is 0.500. The van der Waals surface area contributed by atoms with Gasteiger partial charge in [0.1, 0.15) is 4.90 Å². The lowest BCUT2D eigenvalue weighted by Gasteiger charge is -2.22. The van der Waals surface area contributed by atoms with E-state index in [0.29, 0.717) is 13.2 Å². The van der Waals surface area contributed by atoms with Gasteiger partial charge in [0.2, 0.25) is 10.0 Å². The van der Waals surface area contributed by atoms with Crippen LogP contribution in [0.2, 0.25) is 0 Å². The molecule has 0 saturated carbocycles. The molecule has 20 heavy (non-hydrogen) atoms. The van der Waals surface area contributed by atoms with Crippen molar-refractivity contribution in [3.05, 3.63) is 22.4 Å². The normalized spacial score (nSPS) is 20.0. The highest BCUT2D eigenvalue weighted by molar-refractivity contribution is 9.10. The Morgan fingerprint density at radius 3 is 2.90 bits per heavy atom. The van der Waals surface area contributed by atoms with Crippen LogP contribution < -0.4 is 10.5 Å². The van der Waals surface area contributed by atoms with Crippen LogP contribution in [0.3, 0.4) is 0 Å². The first-order valence-corrected chi connectivity index (χ1v) is 8.49. The van der Waals surface area contributed by atoms with Gasteiger partial charge in [-0.25, -0.2) is 17.5 Å². The maximum atomic E-state index is 13.9. The molecule has 0 amide bonds. The van der Waals surface area contributed by atoms with Gasteiger partial charge in [-0.1, -0.05) is 0 Å². The van der Waals surface area contributed by atoms with Crippen LogP contribution in [-0.2, 0) is 14.8 Å². The molecule has 112 valence electrons. The van der Waals surface area contributed by atoms with Gasteiger partial charge in [-0.15, -0.1) is 0 Å². The van der Waals surface area contributed by atoms with E-state index in [2.05, 4.69) is 20.7 Å². The molecule has 1 saturated heterocycles. The molecule has 1 atom stereocenters. The number of anilines is 1. The smallest absolute Gasteiger partial charge is 0.243 e. The van der Waals surface area contributed by atoms with E-state index in [0.717, 1.165) is 18.9 Å². The number of hydrogen-bond acceptors (Lipinski definition) is 4. The van der Waals surface area contributed by atoms with E-state index in [9.17, 15) is 12.8 Å². The van der Waals surface area contributed by atoms with E-state index in [1.165, 1.54) is 6.07 Å². The molecule has 1 heterocycles. The van der Waals surface area contributed by atoms with E-state index in [-0.39, 0.29) is 22.6 Å². The highest BCUT2D eigenvalue weighted by Crippen LogP contribution is 2.26. The van der Waals surface area contributed by atoms with Crippen LogP contribution in [0.5, 0.6) is 0 Å². The van der Waals surface area contributed by atoms with Gasteiger partial charge in [-0.05, 0) is 46.8 Å². The van der Waals surface area contributed by atoms with Gasteiger partial charge in [0, 0.05) is 18.8 Å². The van der Waals surface area contributed by atoms with Crippen LogP contribution in [0.4, 0.5) is 10.1 Å². The first-order chi connectivity index (χ1) is 9.40. The number of nitrogen functional groups attached to an aromatic ring is 1. The van der Waals surface area contributed by atoms with Gasteiger partial charge >= 0.3 is 0 Å². The molecule has 1 aromatic rings. The Morgan fingerprint density at radius 2 is 2.25 bits per heavy atom. The average molecular weight is 367 g/mol. The van der Waals surface area contributed by atoms with Crippen molar-refractivity contribution in [2.45, 2.75) is 17.7 Å². The van der Waals surface area contributed by atoms with Gasteiger partial charge < -0.3 is 10.5 Å². The zero-order valence-electron chi connectivity index (χ0n) is 10.7. The van der Waals surface area contributed by atoms with Gasteiger partial charge in [0.25, 0.3) is 0 Å². The fourth-order valence-electron chi connectivity index (χ4n) is 2.05. The molecule has 0 aromatic heterocycles.